The number of halogens is 1. The van der Waals surface area contributed by atoms with E-state index < -0.39 is 24.5 Å². The molecule has 1 aliphatic heterocycles. The smallest absolute Gasteiger partial charge is 0.407 e. The molecule has 0 aliphatic carbocycles. The molecule has 36 heavy (non-hydrogen) atoms. The van der Waals surface area contributed by atoms with Crippen molar-refractivity contribution in [2.24, 2.45) is 7.05 Å². The van der Waals surface area contributed by atoms with Crippen molar-refractivity contribution in [3.05, 3.63) is 42.1 Å². The van der Waals surface area contributed by atoms with Crippen LogP contribution in [0.3, 0.4) is 0 Å². The van der Waals surface area contributed by atoms with Gasteiger partial charge >= 0.3 is 6.09 Å². The highest BCUT2D eigenvalue weighted by molar-refractivity contribution is 5.77. The summed E-state index contributed by atoms with van der Waals surface area (Å²) < 4.78 is 29.0. The van der Waals surface area contributed by atoms with Crippen molar-refractivity contribution >= 4 is 23.5 Å². The molecule has 5 rings (SSSR count). The van der Waals surface area contributed by atoms with Crippen LogP contribution < -0.4 is 10.6 Å². The van der Waals surface area contributed by atoms with Crippen molar-refractivity contribution in [2.75, 3.05) is 11.9 Å². The first-order valence-corrected chi connectivity index (χ1v) is 11.2. The highest BCUT2D eigenvalue weighted by Gasteiger charge is 2.42. The van der Waals surface area contributed by atoms with Gasteiger partial charge in [-0.1, -0.05) is 0 Å². The van der Waals surface area contributed by atoms with E-state index >= 15 is 0 Å². The molecule has 0 spiro atoms. The van der Waals surface area contributed by atoms with E-state index in [9.17, 15) is 14.4 Å². The molecule has 14 heteroatoms. The number of ether oxygens (including phenoxy) is 2. The molecule has 3 N–H and O–H groups in total. The standard InChI is InChI=1S/C22H23FN10O3/c1-11(2)27-22(34)36-16-10-35-19(18(16)23)14-6-17(31-30-14)29-21-25-8-13(15-4-5-26-32(15)3)20-28-12(7-24)9-33(20)21/h4-6,8-9,11,16,18-19H,10H2,1-3H3,(H,27,34)(H2,25,29,30,31)/t16-,18-,19-/m1/s1. The number of aromatic amines is 1. The van der Waals surface area contributed by atoms with Gasteiger partial charge in [-0.2, -0.15) is 15.5 Å². The van der Waals surface area contributed by atoms with Crippen LogP contribution in [-0.2, 0) is 16.5 Å². The topological polar surface area (TPSA) is 160 Å². The maximum absolute atomic E-state index is 15.0. The Morgan fingerprint density at radius 2 is 2.28 bits per heavy atom. The monoisotopic (exact) mass is 494 g/mol. The highest BCUT2D eigenvalue weighted by Crippen LogP contribution is 2.34. The van der Waals surface area contributed by atoms with Crippen molar-refractivity contribution in [2.45, 2.75) is 38.3 Å². The van der Waals surface area contributed by atoms with Gasteiger partial charge in [-0.3, -0.25) is 14.2 Å². The maximum atomic E-state index is 15.0. The van der Waals surface area contributed by atoms with E-state index in [1.54, 1.807) is 54.6 Å². The fourth-order valence-corrected chi connectivity index (χ4v) is 3.95. The third kappa shape index (κ3) is 4.31. The fraction of sp³-hybridized carbons (Fsp3) is 0.364. The van der Waals surface area contributed by atoms with Crippen molar-refractivity contribution in [3.8, 4) is 17.3 Å². The minimum absolute atomic E-state index is 0.0806. The van der Waals surface area contributed by atoms with Gasteiger partial charge in [-0.25, -0.2) is 19.2 Å². The zero-order valence-corrected chi connectivity index (χ0v) is 19.6. The lowest BCUT2D eigenvalue weighted by molar-refractivity contribution is 0.0615. The molecule has 186 valence electrons. The van der Waals surface area contributed by atoms with Crippen LogP contribution in [0.4, 0.5) is 21.0 Å². The van der Waals surface area contributed by atoms with E-state index in [0.29, 0.717) is 28.7 Å². The molecule has 0 unspecified atom stereocenters. The van der Waals surface area contributed by atoms with Crippen LogP contribution in [0.1, 0.15) is 31.3 Å². The summed E-state index contributed by atoms with van der Waals surface area (Å²) in [4.78, 5) is 20.7. The van der Waals surface area contributed by atoms with Crippen LogP contribution in [0.5, 0.6) is 0 Å². The first-order chi connectivity index (χ1) is 17.3. The number of nitrogens with one attached hydrogen (secondary N) is 3. The van der Waals surface area contributed by atoms with Crippen LogP contribution in [0.2, 0.25) is 0 Å². The van der Waals surface area contributed by atoms with Crippen LogP contribution in [0.25, 0.3) is 16.9 Å². The number of amides is 1. The lowest BCUT2D eigenvalue weighted by Gasteiger charge is -2.16. The van der Waals surface area contributed by atoms with E-state index in [2.05, 4.69) is 35.9 Å². The van der Waals surface area contributed by atoms with Crippen LogP contribution in [0.15, 0.2) is 30.7 Å². The Bertz CT molecular complexity index is 1450. The molecular weight excluding hydrogens is 471 g/mol. The number of fused-ring (bicyclic) bond motifs is 1. The molecule has 1 saturated heterocycles. The molecular formula is C22H23FN10O3. The summed E-state index contributed by atoms with van der Waals surface area (Å²) in [6, 6.07) is 5.31. The number of nitriles is 1. The van der Waals surface area contributed by atoms with Crippen molar-refractivity contribution in [1.82, 2.24) is 39.7 Å². The normalized spacial score (nSPS) is 19.5. The molecule has 4 aromatic rings. The second-order valence-corrected chi connectivity index (χ2v) is 8.54. The van der Waals surface area contributed by atoms with Gasteiger partial charge in [0.2, 0.25) is 5.95 Å². The molecule has 0 bridgehead atoms. The summed E-state index contributed by atoms with van der Waals surface area (Å²) in [5.74, 6) is 0.690. The van der Waals surface area contributed by atoms with Crippen LogP contribution >= 0.6 is 0 Å². The summed E-state index contributed by atoms with van der Waals surface area (Å²) in [6.07, 6.45) is 0.542. The quantitative estimate of drug-likeness (QED) is 0.366. The molecule has 1 amide bonds. The summed E-state index contributed by atoms with van der Waals surface area (Å²) in [5.41, 5.74) is 2.56. The van der Waals surface area contributed by atoms with Gasteiger partial charge in [0.15, 0.2) is 29.4 Å². The third-order valence-corrected chi connectivity index (χ3v) is 5.60. The summed E-state index contributed by atoms with van der Waals surface area (Å²) in [7, 11) is 1.80. The van der Waals surface area contributed by atoms with Gasteiger partial charge in [-0.05, 0) is 19.9 Å². The largest absolute Gasteiger partial charge is 0.441 e. The number of aryl methyl sites for hydroxylation is 1. The van der Waals surface area contributed by atoms with Crippen LogP contribution in [0, 0.1) is 11.3 Å². The lowest BCUT2D eigenvalue weighted by Crippen LogP contribution is -2.36. The van der Waals surface area contributed by atoms with Crippen molar-refractivity contribution < 1.29 is 18.7 Å². The average Bonchev–Trinajstić information content (AvgIpc) is 3.62. The number of imidazole rings is 1. The Morgan fingerprint density at radius 1 is 1.44 bits per heavy atom. The zero-order chi connectivity index (χ0) is 25.4. The molecule has 0 aromatic carbocycles. The molecule has 13 nitrogen and oxygen atoms in total. The number of alkyl carbamates (subject to hydrolysis) is 1. The van der Waals surface area contributed by atoms with Gasteiger partial charge in [0, 0.05) is 31.5 Å². The first-order valence-electron chi connectivity index (χ1n) is 11.2. The number of hydrogen-bond acceptors (Lipinski definition) is 9. The van der Waals surface area contributed by atoms with E-state index in [4.69, 9.17) is 9.47 Å². The van der Waals surface area contributed by atoms with Gasteiger partial charge in [-0.15, -0.1) is 0 Å². The number of H-pyrrole nitrogens is 1. The molecule has 5 heterocycles. The zero-order valence-electron chi connectivity index (χ0n) is 19.6. The fourth-order valence-electron chi connectivity index (χ4n) is 3.95. The molecule has 0 radical (unpaired) electrons. The first kappa shape index (κ1) is 23.2. The number of nitrogens with zero attached hydrogens (tertiary/aromatic N) is 7. The highest BCUT2D eigenvalue weighted by atomic mass is 19.1. The lowest BCUT2D eigenvalue weighted by atomic mass is 10.1. The number of anilines is 2. The predicted octanol–water partition coefficient (Wildman–Crippen LogP) is 2.38. The Balaban J connectivity index is 1.36. The van der Waals surface area contributed by atoms with Gasteiger partial charge in [0.05, 0.1) is 29.8 Å². The molecule has 3 atom stereocenters. The number of carbonyl (C=O) groups excluding carboxylic acids is 1. The van der Waals surface area contributed by atoms with E-state index in [0.717, 1.165) is 5.69 Å². The van der Waals surface area contributed by atoms with E-state index in [1.165, 1.54) is 0 Å². The molecule has 4 aromatic heterocycles. The Labute approximate surface area is 204 Å². The Morgan fingerprint density at radius 3 is 3.00 bits per heavy atom. The van der Waals surface area contributed by atoms with Gasteiger partial charge in [0.25, 0.3) is 0 Å². The summed E-state index contributed by atoms with van der Waals surface area (Å²) >= 11 is 0. The van der Waals surface area contributed by atoms with Gasteiger partial charge < -0.3 is 20.1 Å². The van der Waals surface area contributed by atoms with Crippen LogP contribution in [-0.4, -0.2) is 65.4 Å². The number of aromatic nitrogens is 7. The SMILES string of the molecule is CC(C)NC(=O)O[C@@H]1CO[C@H](c2cc(Nc3ncc(-c4ccnn4C)c4nc(C#N)cn34)n[nH]2)[C@@H]1F. The number of alkyl halides is 1. The van der Waals surface area contributed by atoms with Gasteiger partial charge in [0.1, 0.15) is 12.2 Å². The summed E-state index contributed by atoms with van der Waals surface area (Å²) in [6.45, 7) is 3.48. The Kier molecular flexibility index (Phi) is 5.98. The number of hydrogen-bond donors (Lipinski definition) is 3. The minimum atomic E-state index is -1.58. The third-order valence-electron chi connectivity index (χ3n) is 5.60. The number of carbonyl (C=O) groups is 1. The average molecular weight is 494 g/mol. The Hall–Kier alpha value is -4.51. The minimum Gasteiger partial charge on any atom is -0.441 e. The molecule has 1 aliphatic rings. The van der Waals surface area contributed by atoms with E-state index in [-0.39, 0.29) is 18.3 Å². The predicted molar refractivity (Wildman–Crippen MR) is 124 cm³/mol. The molecule has 1 fully saturated rings. The second kappa shape index (κ2) is 9.27. The van der Waals surface area contributed by atoms with Crippen molar-refractivity contribution in [1.29, 1.82) is 5.26 Å². The second-order valence-electron chi connectivity index (χ2n) is 8.54. The van der Waals surface area contributed by atoms with E-state index in [1.807, 2.05) is 12.1 Å². The maximum Gasteiger partial charge on any atom is 0.407 e. The van der Waals surface area contributed by atoms with Crippen molar-refractivity contribution in [3.63, 3.8) is 0 Å². The molecule has 0 saturated carbocycles. The number of rotatable bonds is 6. The summed E-state index contributed by atoms with van der Waals surface area (Å²) in [5, 5.41) is 26.1.